The van der Waals surface area contributed by atoms with Crippen molar-refractivity contribution in [3.05, 3.63) is 58.4 Å². The highest BCUT2D eigenvalue weighted by Crippen LogP contribution is 2.36. The van der Waals surface area contributed by atoms with Crippen molar-refractivity contribution in [2.24, 2.45) is 0 Å². The lowest BCUT2D eigenvalue weighted by Gasteiger charge is -2.32. The maximum Gasteiger partial charge on any atom is 0.252 e. The number of nitrogens with zero attached hydrogens (tertiary/aromatic N) is 2. The number of fused-ring (bicyclic) bond motifs is 1. The SMILES string of the molecule is Cc1cc2c(cn1)CC(c1cc(C(=O)NC3NCC(F)CC3F)ccc1C)C(=O)N2C. The Morgan fingerprint density at radius 3 is 2.77 bits per heavy atom. The van der Waals surface area contributed by atoms with Gasteiger partial charge in [-0.1, -0.05) is 6.07 Å². The van der Waals surface area contributed by atoms with Crippen molar-refractivity contribution >= 4 is 17.5 Å². The molecule has 0 radical (unpaired) electrons. The largest absolute Gasteiger partial charge is 0.334 e. The van der Waals surface area contributed by atoms with Crippen LogP contribution in [0.25, 0.3) is 0 Å². The molecule has 1 fully saturated rings. The van der Waals surface area contributed by atoms with Gasteiger partial charge in [-0.3, -0.25) is 19.9 Å². The fourth-order valence-electron chi connectivity index (χ4n) is 4.32. The molecule has 0 spiro atoms. The Kier molecular flexibility index (Phi) is 5.75. The van der Waals surface area contributed by atoms with E-state index in [1.807, 2.05) is 19.9 Å². The third-order valence-electron chi connectivity index (χ3n) is 6.12. The van der Waals surface area contributed by atoms with Gasteiger partial charge in [0.25, 0.3) is 5.91 Å². The van der Waals surface area contributed by atoms with Crippen LogP contribution in [-0.2, 0) is 11.2 Å². The van der Waals surface area contributed by atoms with Crippen LogP contribution in [0.4, 0.5) is 14.5 Å². The quantitative estimate of drug-likeness (QED) is 0.789. The molecule has 0 bridgehead atoms. The van der Waals surface area contributed by atoms with Gasteiger partial charge < -0.3 is 10.2 Å². The summed E-state index contributed by atoms with van der Waals surface area (Å²) in [5.41, 5.74) is 4.65. The molecule has 2 aromatic rings. The Bertz CT molecular complexity index is 1030. The summed E-state index contributed by atoms with van der Waals surface area (Å²) in [5, 5.41) is 5.29. The van der Waals surface area contributed by atoms with Gasteiger partial charge in [0.15, 0.2) is 0 Å². The van der Waals surface area contributed by atoms with Crippen molar-refractivity contribution < 1.29 is 18.4 Å². The Balaban J connectivity index is 1.59. The number of anilines is 1. The van der Waals surface area contributed by atoms with Gasteiger partial charge in [0.1, 0.15) is 18.5 Å². The predicted molar refractivity (Wildman–Crippen MR) is 114 cm³/mol. The number of benzene rings is 1. The van der Waals surface area contributed by atoms with E-state index < -0.39 is 30.3 Å². The van der Waals surface area contributed by atoms with E-state index in [1.165, 1.54) is 0 Å². The molecule has 2 N–H and O–H groups in total. The fourth-order valence-corrected chi connectivity index (χ4v) is 4.32. The van der Waals surface area contributed by atoms with E-state index in [0.717, 1.165) is 28.1 Å². The number of hydrogen-bond acceptors (Lipinski definition) is 4. The minimum absolute atomic E-state index is 0.000341. The zero-order valence-corrected chi connectivity index (χ0v) is 17.8. The van der Waals surface area contributed by atoms with Gasteiger partial charge in [0, 0.05) is 43.2 Å². The Morgan fingerprint density at radius 2 is 2.03 bits per heavy atom. The number of carbonyl (C=O) groups excluding carboxylic acids is 2. The molecule has 0 aliphatic carbocycles. The van der Waals surface area contributed by atoms with Crippen LogP contribution < -0.4 is 15.5 Å². The summed E-state index contributed by atoms with van der Waals surface area (Å²) in [7, 11) is 1.74. The zero-order valence-electron chi connectivity index (χ0n) is 17.8. The molecule has 4 unspecified atom stereocenters. The minimum Gasteiger partial charge on any atom is -0.334 e. The number of amides is 2. The van der Waals surface area contributed by atoms with Crippen molar-refractivity contribution in [1.82, 2.24) is 15.6 Å². The molecule has 2 aliphatic heterocycles. The van der Waals surface area contributed by atoms with Crippen LogP contribution in [0.1, 0.15) is 45.1 Å². The first kappa shape index (κ1) is 21.4. The summed E-state index contributed by atoms with van der Waals surface area (Å²) in [6.07, 6.45) is -1.66. The van der Waals surface area contributed by atoms with E-state index in [9.17, 15) is 18.4 Å². The molecule has 164 valence electrons. The molecule has 31 heavy (non-hydrogen) atoms. The third kappa shape index (κ3) is 4.17. The fraction of sp³-hybridized carbons (Fsp3) is 0.435. The van der Waals surface area contributed by atoms with Gasteiger partial charge in [0.05, 0.1) is 5.92 Å². The second-order valence-corrected chi connectivity index (χ2v) is 8.39. The van der Waals surface area contributed by atoms with Gasteiger partial charge in [-0.2, -0.15) is 0 Å². The predicted octanol–water partition coefficient (Wildman–Crippen LogP) is 2.73. The van der Waals surface area contributed by atoms with Crippen LogP contribution in [0, 0.1) is 13.8 Å². The molecule has 8 heteroatoms. The highest BCUT2D eigenvalue weighted by Gasteiger charge is 2.34. The average molecular weight is 428 g/mol. The molecular weight excluding hydrogens is 402 g/mol. The van der Waals surface area contributed by atoms with Gasteiger partial charge in [-0.15, -0.1) is 0 Å². The number of likely N-dealkylation sites (N-methyl/N-ethyl adjacent to an activating group) is 1. The Morgan fingerprint density at radius 1 is 1.26 bits per heavy atom. The maximum absolute atomic E-state index is 14.1. The first-order valence-corrected chi connectivity index (χ1v) is 10.4. The monoisotopic (exact) mass is 428 g/mol. The van der Waals surface area contributed by atoms with E-state index in [2.05, 4.69) is 15.6 Å². The first-order valence-electron chi connectivity index (χ1n) is 10.4. The molecule has 2 amide bonds. The van der Waals surface area contributed by atoms with E-state index in [0.29, 0.717) is 12.0 Å². The number of carbonyl (C=O) groups is 2. The molecule has 3 heterocycles. The summed E-state index contributed by atoms with van der Waals surface area (Å²) in [5.74, 6) is -0.956. The van der Waals surface area contributed by atoms with Crippen LogP contribution >= 0.6 is 0 Å². The summed E-state index contributed by atoms with van der Waals surface area (Å²) in [6, 6.07) is 7.03. The molecule has 6 nitrogen and oxygen atoms in total. The highest BCUT2D eigenvalue weighted by atomic mass is 19.1. The highest BCUT2D eigenvalue weighted by molar-refractivity contribution is 6.01. The lowest BCUT2D eigenvalue weighted by atomic mass is 9.84. The second kappa shape index (κ2) is 8.34. The van der Waals surface area contributed by atoms with Crippen molar-refractivity contribution in [2.45, 2.75) is 51.1 Å². The Labute approximate surface area is 180 Å². The topological polar surface area (TPSA) is 74.3 Å². The smallest absolute Gasteiger partial charge is 0.252 e. The summed E-state index contributed by atoms with van der Waals surface area (Å²) in [6.45, 7) is 3.78. The van der Waals surface area contributed by atoms with Crippen LogP contribution in [0.15, 0.2) is 30.5 Å². The third-order valence-corrected chi connectivity index (χ3v) is 6.12. The van der Waals surface area contributed by atoms with Crippen LogP contribution in [0.3, 0.4) is 0 Å². The number of nitrogens with one attached hydrogen (secondary N) is 2. The zero-order chi connectivity index (χ0) is 22.3. The molecule has 4 rings (SSSR count). The van der Waals surface area contributed by atoms with Crippen molar-refractivity contribution in [3.8, 4) is 0 Å². The van der Waals surface area contributed by atoms with Crippen LogP contribution in [-0.4, -0.2) is 48.9 Å². The van der Waals surface area contributed by atoms with E-state index in [1.54, 1.807) is 36.3 Å². The summed E-state index contributed by atoms with van der Waals surface area (Å²) in [4.78, 5) is 31.9. The standard InChI is InChI=1S/C23H26F2N4O2/c1-12-4-5-14(22(30)28-21-19(25)9-16(24)11-27-21)7-17(12)18-8-15-10-26-13(2)6-20(15)29(3)23(18)31/h4-7,10,16,18-19,21,27H,8-9,11H2,1-3H3,(H,28,30). The van der Waals surface area contributed by atoms with E-state index in [4.69, 9.17) is 0 Å². The molecule has 1 saturated heterocycles. The number of alkyl halides is 2. The lowest BCUT2D eigenvalue weighted by Crippen LogP contribution is -2.57. The van der Waals surface area contributed by atoms with Crippen molar-refractivity contribution in [1.29, 1.82) is 0 Å². The molecule has 2 aliphatic rings. The number of pyridine rings is 1. The van der Waals surface area contributed by atoms with Crippen molar-refractivity contribution in [3.63, 3.8) is 0 Å². The van der Waals surface area contributed by atoms with Crippen LogP contribution in [0.5, 0.6) is 0 Å². The normalized spacial score (nSPS) is 25.8. The minimum atomic E-state index is -1.50. The number of piperidine rings is 1. The first-order chi connectivity index (χ1) is 14.7. The molecular formula is C23H26F2N4O2. The Hall–Kier alpha value is -2.87. The van der Waals surface area contributed by atoms with Gasteiger partial charge in [0.2, 0.25) is 5.91 Å². The maximum atomic E-state index is 14.1. The number of aryl methyl sites for hydroxylation is 2. The van der Waals surface area contributed by atoms with E-state index >= 15 is 0 Å². The van der Waals surface area contributed by atoms with Gasteiger partial charge in [-0.25, -0.2) is 8.78 Å². The summed E-state index contributed by atoms with van der Waals surface area (Å²) >= 11 is 0. The number of aromatic nitrogens is 1. The van der Waals surface area contributed by atoms with Crippen LogP contribution in [0.2, 0.25) is 0 Å². The molecule has 1 aromatic carbocycles. The molecule has 4 atom stereocenters. The number of halogens is 2. The lowest BCUT2D eigenvalue weighted by molar-refractivity contribution is -0.120. The average Bonchev–Trinajstić information content (AvgIpc) is 2.73. The van der Waals surface area contributed by atoms with Crippen molar-refractivity contribution in [2.75, 3.05) is 18.5 Å². The molecule has 1 aromatic heterocycles. The van der Waals surface area contributed by atoms with E-state index in [-0.39, 0.29) is 18.9 Å². The summed E-state index contributed by atoms with van der Waals surface area (Å²) < 4.78 is 27.4. The second-order valence-electron chi connectivity index (χ2n) is 8.39. The van der Waals surface area contributed by atoms with Gasteiger partial charge >= 0.3 is 0 Å². The number of hydrogen-bond donors (Lipinski definition) is 2. The van der Waals surface area contributed by atoms with Gasteiger partial charge in [-0.05, 0) is 55.2 Å². The molecule has 0 saturated carbocycles. The number of rotatable bonds is 3.